The van der Waals surface area contributed by atoms with Crippen LogP contribution in [0, 0.1) is 6.92 Å². The van der Waals surface area contributed by atoms with E-state index in [0.717, 1.165) is 33.6 Å². The highest BCUT2D eigenvalue weighted by Gasteiger charge is 2.31. The molecule has 0 saturated heterocycles. The fourth-order valence-corrected chi connectivity index (χ4v) is 4.40. The number of imidazole rings is 2. The van der Waals surface area contributed by atoms with Crippen LogP contribution >= 0.6 is 11.5 Å². The van der Waals surface area contributed by atoms with Gasteiger partial charge in [-0.2, -0.15) is 4.37 Å². The highest BCUT2D eigenvalue weighted by Crippen LogP contribution is 2.31. The minimum atomic E-state index is -0.0706. The zero-order valence-corrected chi connectivity index (χ0v) is 16.8. The van der Waals surface area contributed by atoms with E-state index in [-0.39, 0.29) is 11.9 Å². The largest absolute Gasteiger partial charge is 0.345 e. The molecule has 1 aliphatic rings. The van der Waals surface area contributed by atoms with Gasteiger partial charge in [-0.05, 0) is 43.1 Å². The minimum absolute atomic E-state index is 0.0226. The Morgan fingerprint density at radius 1 is 1.21 bits per heavy atom. The van der Waals surface area contributed by atoms with Gasteiger partial charge >= 0.3 is 0 Å². The molecule has 3 aromatic heterocycles. The summed E-state index contributed by atoms with van der Waals surface area (Å²) in [6.45, 7) is 5.22. The zero-order valence-electron chi connectivity index (χ0n) is 16.0. The molecule has 0 radical (unpaired) electrons. The van der Waals surface area contributed by atoms with E-state index in [2.05, 4.69) is 28.9 Å². The third-order valence-electron chi connectivity index (χ3n) is 5.27. The van der Waals surface area contributed by atoms with Crippen molar-refractivity contribution in [1.29, 1.82) is 0 Å². The lowest BCUT2D eigenvalue weighted by atomic mass is 10.1. The van der Waals surface area contributed by atoms with Gasteiger partial charge < -0.3 is 14.5 Å². The number of hydrogen-bond donors (Lipinski definition) is 1. The molecule has 0 aliphatic carbocycles. The fourth-order valence-electron chi connectivity index (χ4n) is 3.73. The number of amides is 1. The molecule has 1 aliphatic heterocycles. The van der Waals surface area contributed by atoms with Gasteiger partial charge in [0.2, 0.25) is 0 Å². The number of aryl methyl sites for hydroxylation is 1. The Kier molecular flexibility index (Phi) is 4.24. The topological polar surface area (TPSA) is 92.6 Å². The second kappa shape index (κ2) is 6.93. The summed E-state index contributed by atoms with van der Waals surface area (Å²) in [6, 6.07) is 7.54. The molecule has 5 rings (SSSR count). The van der Waals surface area contributed by atoms with Crippen LogP contribution in [0.3, 0.4) is 0 Å². The maximum absolute atomic E-state index is 13.2. The first kappa shape index (κ1) is 17.7. The van der Waals surface area contributed by atoms with Crippen LogP contribution in [-0.4, -0.2) is 46.2 Å². The van der Waals surface area contributed by atoms with E-state index in [0.29, 0.717) is 18.7 Å². The van der Waals surface area contributed by atoms with E-state index < -0.39 is 0 Å². The molecule has 0 unspecified atom stereocenters. The molecule has 146 valence electrons. The molecule has 29 heavy (non-hydrogen) atoms. The Morgan fingerprint density at radius 2 is 2.03 bits per heavy atom. The number of nitrogens with one attached hydrogen (secondary N) is 1. The third kappa shape index (κ3) is 3.03. The lowest BCUT2D eigenvalue weighted by Crippen LogP contribution is -2.41. The predicted molar refractivity (Wildman–Crippen MR) is 109 cm³/mol. The number of benzene rings is 1. The summed E-state index contributed by atoms with van der Waals surface area (Å²) in [5.41, 5.74) is 3.62. The van der Waals surface area contributed by atoms with Crippen molar-refractivity contribution in [2.45, 2.75) is 26.4 Å². The van der Waals surface area contributed by atoms with Gasteiger partial charge in [-0.3, -0.25) is 4.79 Å². The lowest BCUT2D eigenvalue weighted by molar-refractivity contribution is 0.0645. The van der Waals surface area contributed by atoms with Gasteiger partial charge in [0.05, 0.1) is 36.2 Å². The molecule has 4 heterocycles. The monoisotopic (exact) mass is 405 g/mol. The first-order valence-corrected chi connectivity index (χ1v) is 10.1. The lowest BCUT2D eigenvalue weighted by Gasteiger charge is -2.35. The number of nitrogens with zero attached hydrogens (tertiary/aromatic N) is 6. The third-order valence-corrected chi connectivity index (χ3v) is 6.07. The average molecular weight is 405 g/mol. The molecule has 0 bridgehead atoms. The molecule has 8 nitrogen and oxygen atoms in total. The second-order valence-electron chi connectivity index (χ2n) is 7.02. The summed E-state index contributed by atoms with van der Waals surface area (Å²) >= 11 is 1.35. The quantitative estimate of drug-likeness (QED) is 0.564. The normalized spacial score (nSPS) is 16.1. The first-order chi connectivity index (χ1) is 14.1. The average Bonchev–Trinajstić information content (AvgIpc) is 3.48. The van der Waals surface area contributed by atoms with Crippen LogP contribution in [0.5, 0.6) is 0 Å². The summed E-state index contributed by atoms with van der Waals surface area (Å²) in [7, 11) is 0. The van der Waals surface area contributed by atoms with Crippen LogP contribution in [0.15, 0.2) is 43.0 Å². The number of carbonyl (C=O) groups is 1. The molecule has 9 heteroatoms. The molecule has 0 fully saturated rings. The van der Waals surface area contributed by atoms with E-state index in [1.54, 1.807) is 12.5 Å². The van der Waals surface area contributed by atoms with Crippen molar-refractivity contribution in [3.05, 3.63) is 60.1 Å². The van der Waals surface area contributed by atoms with Gasteiger partial charge in [-0.15, -0.1) is 0 Å². The molecule has 4 aromatic rings. The summed E-state index contributed by atoms with van der Waals surface area (Å²) < 4.78 is 6.40. The summed E-state index contributed by atoms with van der Waals surface area (Å²) in [6.07, 6.45) is 5.25. The van der Waals surface area contributed by atoms with Crippen molar-refractivity contribution in [3.63, 3.8) is 0 Å². The number of aromatic nitrogens is 6. The second-order valence-corrected chi connectivity index (χ2v) is 7.77. The number of rotatable bonds is 3. The van der Waals surface area contributed by atoms with E-state index in [4.69, 9.17) is 0 Å². The standard InChI is InChI=1S/C20H19N7OS/c1-12-17-10-22-18(19-24-13(2)25-29-19)27(17)8-7-26(12)20(28)15-5-3-14(4-6-15)16-9-21-11-23-16/h3-6,9-12H,7-8H2,1-2H3,(H,21,23)/t12-/m1/s1. The van der Waals surface area contributed by atoms with Gasteiger partial charge in [0, 0.05) is 18.7 Å². The maximum atomic E-state index is 13.2. The number of carbonyl (C=O) groups excluding carboxylic acids is 1. The Morgan fingerprint density at radius 3 is 2.72 bits per heavy atom. The van der Waals surface area contributed by atoms with Crippen LogP contribution in [-0.2, 0) is 6.54 Å². The number of H-pyrrole nitrogens is 1. The van der Waals surface area contributed by atoms with E-state index in [1.807, 2.05) is 49.2 Å². The van der Waals surface area contributed by atoms with Crippen molar-refractivity contribution in [2.24, 2.45) is 0 Å². The van der Waals surface area contributed by atoms with Crippen LogP contribution in [0.2, 0.25) is 0 Å². The Hall–Kier alpha value is -3.33. The van der Waals surface area contributed by atoms with Crippen molar-refractivity contribution < 1.29 is 4.79 Å². The van der Waals surface area contributed by atoms with E-state index in [9.17, 15) is 4.79 Å². The number of fused-ring (bicyclic) bond motifs is 1. The van der Waals surface area contributed by atoms with Crippen molar-refractivity contribution in [1.82, 2.24) is 33.8 Å². The van der Waals surface area contributed by atoms with Crippen LogP contribution in [0.4, 0.5) is 0 Å². The molecule has 1 N–H and O–H groups in total. The summed E-state index contributed by atoms with van der Waals surface area (Å²) in [5, 5.41) is 0.815. The summed E-state index contributed by atoms with van der Waals surface area (Å²) in [4.78, 5) is 31.2. The van der Waals surface area contributed by atoms with Crippen molar-refractivity contribution >= 4 is 17.4 Å². The molecule has 1 amide bonds. The Labute approximate surface area is 171 Å². The maximum Gasteiger partial charge on any atom is 0.254 e. The Bertz CT molecular complexity index is 1160. The highest BCUT2D eigenvalue weighted by atomic mass is 32.1. The summed E-state index contributed by atoms with van der Waals surface area (Å²) in [5.74, 6) is 1.60. The molecular formula is C20H19N7OS. The fraction of sp³-hybridized carbons (Fsp3) is 0.250. The van der Waals surface area contributed by atoms with Crippen molar-refractivity contribution in [3.8, 4) is 22.1 Å². The van der Waals surface area contributed by atoms with Gasteiger partial charge in [-0.25, -0.2) is 15.0 Å². The predicted octanol–water partition coefficient (Wildman–Crippen LogP) is 3.32. The van der Waals surface area contributed by atoms with Gasteiger partial charge in [0.1, 0.15) is 5.82 Å². The Balaban J connectivity index is 1.39. The SMILES string of the molecule is Cc1nsc(-c2ncc3n2CCN(C(=O)c2ccc(-c4cnc[nH]4)cc2)[C@@H]3C)n1. The molecule has 1 atom stereocenters. The van der Waals surface area contributed by atoms with Crippen molar-refractivity contribution in [2.75, 3.05) is 6.54 Å². The van der Waals surface area contributed by atoms with Gasteiger partial charge in [0.25, 0.3) is 5.91 Å². The number of aromatic amines is 1. The molecule has 0 spiro atoms. The molecule has 1 aromatic carbocycles. The highest BCUT2D eigenvalue weighted by molar-refractivity contribution is 7.09. The first-order valence-electron chi connectivity index (χ1n) is 9.37. The zero-order chi connectivity index (χ0) is 20.0. The van der Waals surface area contributed by atoms with Crippen LogP contribution in [0.25, 0.3) is 22.1 Å². The van der Waals surface area contributed by atoms with E-state index >= 15 is 0 Å². The van der Waals surface area contributed by atoms with E-state index in [1.165, 1.54) is 11.5 Å². The smallest absolute Gasteiger partial charge is 0.254 e. The molecular weight excluding hydrogens is 386 g/mol. The van der Waals surface area contributed by atoms with Crippen LogP contribution in [0.1, 0.15) is 34.8 Å². The van der Waals surface area contributed by atoms with Gasteiger partial charge in [0.15, 0.2) is 10.8 Å². The minimum Gasteiger partial charge on any atom is -0.345 e. The van der Waals surface area contributed by atoms with Gasteiger partial charge in [-0.1, -0.05) is 12.1 Å². The number of hydrogen-bond acceptors (Lipinski definition) is 6. The van der Waals surface area contributed by atoms with Crippen LogP contribution < -0.4 is 0 Å². The molecule has 0 saturated carbocycles.